The van der Waals surface area contributed by atoms with Gasteiger partial charge in [0, 0.05) is 45.5 Å². The maximum Gasteiger partial charge on any atom is 0.282 e. The quantitative estimate of drug-likeness (QED) is 0.571. The number of nitrogens with one attached hydrogen (secondary N) is 1. The molecule has 8 nitrogen and oxygen atoms in total. The molecule has 1 aliphatic heterocycles. The van der Waals surface area contributed by atoms with E-state index in [-0.39, 0.29) is 11.3 Å². The van der Waals surface area contributed by atoms with Crippen molar-refractivity contribution in [2.75, 3.05) is 51.3 Å². The number of methoxy groups -OCH3 is 1. The van der Waals surface area contributed by atoms with Crippen LogP contribution in [0.3, 0.4) is 0 Å². The third-order valence-corrected chi connectivity index (χ3v) is 5.94. The lowest BCUT2D eigenvalue weighted by molar-refractivity contribution is 0.0944. The first-order chi connectivity index (χ1) is 15.6. The van der Waals surface area contributed by atoms with Gasteiger partial charge in [0.05, 0.1) is 18.1 Å². The number of aromatic nitrogens is 2. The molecule has 32 heavy (non-hydrogen) atoms. The molecule has 0 atom stereocenters. The summed E-state index contributed by atoms with van der Waals surface area (Å²) in [7, 11) is 3.34. The fraction of sp³-hybridized carbons (Fsp3) is 0.375. The SMILES string of the molecule is COc1ccc(N2CCN(CCCNC(=O)c3nc4ccccc4n(C)c3=O)CC2)cc1. The van der Waals surface area contributed by atoms with Crippen LogP contribution < -0.4 is 20.5 Å². The predicted molar refractivity (Wildman–Crippen MR) is 126 cm³/mol. The summed E-state index contributed by atoms with van der Waals surface area (Å²) < 4.78 is 6.70. The molecule has 0 radical (unpaired) electrons. The lowest BCUT2D eigenvalue weighted by atomic mass is 10.2. The number of hydrogen-bond donors (Lipinski definition) is 1. The molecule has 0 bridgehead atoms. The van der Waals surface area contributed by atoms with E-state index in [0.717, 1.165) is 44.9 Å². The topological polar surface area (TPSA) is 79.7 Å². The lowest BCUT2D eigenvalue weighted by Crippen LogP contribution is -2.47. The maximum absolute atomic E-state index is 12.5. The fourth-order valence-corrected chi connectivity index (χ4v) is 4.04. The van der Waals surface area contributed by atoms with Crippen LogP contribution in [-0.2, 0) is 7.05 Å². The Labute approximate surface area is 187 Å². The van der Waals surface area contributed by atoms with E-state index in [1.54, 1.807) is 20.2 Å². The number of amides is 1. The van der Waals surface area contributed by atoms with Crippen LogP contribution in [0.15, 0.2) is 53.3 Å². The van der Waals surface area contributed by atoms with Gasteiger partial charge in [0.2, 0.25) is 0 Å². The molecule has 1 saturated heterocycles. The molecule has 1 aromatic heterocycles. The summed E-state index contributed by atoms with van der Waals surface area (Å²) >= 11 is 0. The van der Waals surface area contributed by atoms with Crippen molar-refractivity contribution in [3.63, 3.8) is 0 Å². The van der Waals surface area contributed by atoms with Crippen molar-refractivity contribution in [3.05, 3.63) is 64.6 Å². The van der Waals surface area contributed by atoms with Gasteiger partial charge in [0.15, 0.2) is 5.69 Å². The largest absolute Gasteiger partial charge is 0.497 e. The van der Waals surface area contributed by atoms with E-state index in [1.165, 1.54) is 10.3 Å². The van der Waals surface area contributed by atoms with Gasteiger partial charge in [-0.2, -0.15) is 0 Å². The molecule has 0 aliphatic carbocycles. The van der Waals surface area contributed by atoms with Crippen LogP contribution in [0.5, 0.6) is 5.75 Å². The van der Waals surface area contributed by atoms with Gasteiger partial charge in [0.1, 0.15) is 5.75 Å². The van der Waals surface area contributed by atoms with E-state index < -0.39 is 5.91 Å². The van der Waals surface area contributed by atoms with Crippen molar-refractivity contribution < 1.29 is 9.53 Å². The zero-order valence-electron chi connectivity index (χ0n) is 18.6. The number of aryl methyl sites for hydroxylation is 1. The molecule has 2 aromatic carbocycles. The lowest BCUT2D eigenvalue weighted by Gasteiger charge is -2.36. The highest BCUT2D eigenvalue weighted by molar-refractivity contribution is 5.93. The van der Waals surface area contributed by atoms with Crippen LogP contribution in [0.25, 0.3) is 11.0 Å². The van der Waals surface area contributed by atoms with E-state index in [0.29, 0.717) is 17.6 Å². The van der Waals surface area contributed by atoms with Gasteiger partial charge in [-0.25, -0.2) is 4.98 Å². The van der Waals surface area contributed by atoms with Crippen LogP contribution in [0.1, 0.15) is 16.9 Å². The molecule has 1 aliphatic rings. The van der Waals surface area contributed by atoms with E-state index in [2.05, 4.69) is 32.2 Å². The van der Waals surface area contributed by atoms with E-state index in [9.17, 15) is 9.59 Å². The molecular formula is C24H29N5O3. The normalized spacial score (nSPS) is 14.5. The van der Waals surface area contributed by atoms with Crippen LogP contribution in [-0.4, -0.2) is 66.7 Å². The Morgan fingerprint density at radius 3 is 2.50 bits per heavy atom. The van der Waals surface area contributed by atoms with Gasteiger partial charge in [0.25, 0.3) is 11.5 Å². The average molecular weight is 436 g/mol. The summed E-state index contributed by atoms with van der Waals surface area (Å²) in [6, 6.07) is 15.5. The van der Waals surface area contributed by atoms with Gasteiger partial charge in [-0.1, -0.05) is 12.1 Å². The molecule has 0 spiro atoms. The molecule has 1 amide bonds. The third kappa shape index (κ3) is 4.75. The Balaban J connectivity index is 1.24. The summed E-state index contributed by atoms with van der Waals surface area (Å²) in [6.07, 6.45) is 0.822. The smallest absolute Gasteiger partial charge is 0.282 e. The number of carbonyl (C=O) groups excluding carboxylic acids is 1. The number of anilines is 1. The Morgan fingerprint density at radius 1 is 1.06 bits per heavy atom. The van der Waals surface area contributed by atoms with Gasteiger partial charge in [-0.15, -0.1) is 0 Å². The summed E-state index contributed by atoms with van der Waals surface area (Å²) in [5.41, 5.74) is 2.12. The number of rotatable bonds is 7. The molecular weight excluding hydrogens is 406 g/mol. The zero-order valence-corrected chi connectivity index (χ0v) is 18.6. The minimum absolute atomic E-state index is 0.0562. The molecule has 2 heterocycles. The number of para-hydroxylation sites is 2. The second kappa shape index (κ2) is 9.82. The van der Waals surface area contributed by atoms with Crippen LogP contribution in [0, 0.1) is 0 Å². The van der Waals surface area contributed by atoms with E-state index in [1.807, 2.05) is 30.3 Å². The first-order valence-electron chi connectivity index (χ1n) is 10.9. The van der Waals surface area contributed by atoms with Crippen LogP contribution >= 0.6 is 0 Å². The van der Waals surface area contributed by atoms with Crippen molar-refractivity contribution in [1.82, 2.24) is 19.8 Å². The number of nitrogens with zero attached hydrogens (tertiary/aromatic N) is 4. The molecule has 3 aromatic rings. The summed E-state index contributed by atoms with van der Waals surface area (Å²) in [5, 5.41) is 2.85. The molecule has 1 fully saturated rings. The second-order valence-corrected chi connectivity index (χ2v) is 7.95. The first kappa shape index (κ1) is 21.8. The summed E-state index contributed by atoms with van der Waals surface area (Å²) in [6.45, 7) is 5.31. The Bertz CT molecular complexity index is 1130. The van der Waals surface area contributed by atoms with Gasteiger partial charge in [-0.05, 0) is 49.4 Å². The van der Waals surface area contributed by atoms with Crippen molar-refractivity contribution in [2.24, 2.45) is 7.05 Å². The highest BCUT2D eigenvalue weighted by atomic mass is 16.5. The fourth-order valence-electron chi connectivity index (χ4n) is 4.04. The number of fused-ring (bicyclic) bond motifs is 1. The standard InChI is InChI=1S/C24H29N5O3/c1-27-21-7-4-3-6-20(21)26-22(24(27)31)23(30)25-12-5-13-28-14-16-29(17-15-28)18-8-10-19(32-2)11-9-18/h3-4,6-11H,5,12-17H2,1-2H3,(H,25,30). The van der Waals surface area contributed by atoms with Gasteiger partial charge in [-0.3, -0.25) is 14.5 Å². The second-order valence-electron chi connectivity index (χ2n) is 7.95. The molecule has 168 valence electrons. The van der Waals surface area contributed by atoms with Crippen molar-refractivity contribution >= 4 is 22.6 Å². The van der Waals surface area contributed by atoms with E-state index in [4.69, 9.17) is 4.74 Å². The summed E-state index contributed by atoms with van der Waals surface area (Å²) in [4.78, 5) is 34.1. The van der Waals surface area contributed by atoms with Gasteiger partial charge >= 0.3 is 0 Å². The number of carbonyl (C=O) groups is 1. The first-order valence-corrected chi connectivity index (χ1v) is 10.9. The number of piperazine rings is 1. The minimum Gasteiger partial charge on any atom is -0.497 e. The molecule has 0 saturated carbocycles. The van der Waals surface area contributed by atoms with Gasteiger partial charge < -0.3 is 19.5 Å². The minimum atomic E-state index is -0.416. The van der Waals surface area contributed by atoms with E-state index >= 15 is 0 Å². The molecule has 8 heteroatoms. The predicted octanol–water partition coefficient (Wildman–Crippen LogP) is 1.88. The third-order valence-electron chi connectivity index (χ3n) is 5.94. The number of benzene rings is 2. The van der Waals surface area contributed by atoms with Crippen LogP contribution in [0.2, 0.25) is 0 Å². The Hall–Kier alpha value is -3.39. The molecule has 1 N–H and O–H groups in total. The van der Waals surface area contributed by atoms with Crippen molar-refractivity contribution in [2.45, 2.75) is 6.42 Å². The number of hydrogen-bond acceptors (Lipinski definition) is 6. The Morgan fingerprint density at radius 2 is 1.78 bits per heavy atom. The maximum atomic E-state index is 12.5. The Kier molecular flexibility index (Phi) is 6.70. The van der Waals surface area contributed by atoms with Crippen molar-refractivity contribution in [3.8, 4) is 5.75 Å². The van der Waals surface area contributed by atoms with Crippen LogP contribution in [0.4, 0.5) is 5.69 Å². The molecule has 4 rings (SSSR count). The average Bonchev–Trinajstić information content (AvgIpc) is 2.84. The summed E-state index contributed by atoms with van der Waals surface area (Å²) in [5.74, 6) is 0.451. The zero-order chi connectivity index (χ0) is 22.5. The number of ether oxygens (including phenoxy) is 1. The highest BCUT2D eigenvalue weighted by Gasteiger charge is 2.18. The highest BCUT2D eigenvalue weighted by Crippen LogP contribution is 2.20. The van der Waals surface area contributed by atoms with Crippen molar-refractivity contribution in [1.29, 1.82) is 0 Å². The monoisotopic (exact) mass is 435 g/mol. The molecule has 0 unspecified atom stereocenters.